The molecule has 0 radical (unpaired) electrons. The van der Waals surface area contributed by atoms with E-state index in [9.17, 15) is 4.79 Å². The lowest BCUT2D eigenvalue weighted by atomic mass is 9.51. The third-order valence-corrected chi connectivity index (χ3v) is 11.5. The van der Waals surface area contributed by atoms with E-state index in [1.54, 1.807) is 0 Å². The molecule has 0 aliphatic heterocycles. The summed E-state index contributed by atoms with van der Waals surface area (Å²) >= 11 is 0. The fourth-order valence-corrected chi connectivity index (χ4v) is 7.89. The normalized spacial score (nSPS) is 28.8. The quantitative estimate of drug-likeness (QED) is 0.247. The maximum atomic E-state index is 15.0. The fourth-order valence-electron chi connectivity index (χ4n) is 7.89. The van der Waals surface area contributed by atoms with E-state index in [1.165, 1.54) is 0 Å². The van der Waals surface area contributed by atoms with Crippen LogP contribution in [0, 0.1) is 5.41 Å². The minimum Gasteiger partial charge on any atom is -0.339 e. The van der Waals surface area contributed by atoms with Crippen molar-refractivity contribution in [2.75, 3.05) is 4.90 Å². The summed E-state index contributed by atoms with van der Waals surface area (Å²) in [6.07, 6.45) is 13.0. The molecule has 3 aromatic rings. The smallest absolute Gasteiger partial charge is 0.258 e. The molecule has 9 rings (SSSR count). The zero-order valence-electron chi connectivity index (χ0n) is 24.5. The third kappa shape index (κ3) is 4.58. The topological polar surface area (TPSA) is 98.2 Å². The summed E-state index contributed by atoms with van der Waals surface area (Å²) in [6, 6.07) is 7.87. The highest BCUT2D eigenvalue weighted by Crippen LogP contribution is 2.60. The van der Waals surface area contributed by atoms with Crippen molar-refractivity contribution in [1.82, 2.24) is 20.3 Å². The SMILES string of the molecule is CC(N(C(=O)CCC1(F)CCC1)c1cccc(-c2nc(C3CC3)no2)c1)C12CCC(c3nc(C4CC4)no3)(CC1)CC2. The number of hydrogen-bond donors (Lipinski definition) is 0. The Hall–Kier alpha value is -3.10. The molecular formula is C33H40FN5O3. The molecule has 8 nitrogen and oxygen atoms in total. The number of aromatic nitrogens is 4. The average Bonchev–Trinajstić information content (AvgIpc) is 3.94. The van der Waals surface area contributed by atoms with Gasteiger partial charge < -0.3 is 13.9 Å². The largest absolute Gasteiger partial charge is 0.339 e. The zero-order valence-corrected chi connectivity index (χ0v) is 24.5. The fraction of sp³-hybridized carbons (Fsp3) is 0.667. The van der Waals surface area contributed by atoms with Gasteiger partial charge in [0, 0.05) is 41.0 Å². The van der Waals surface area contributed by atoms with Crippen LogP contribution in [0.25, 0.3) is 11.5 Å². The van der Waals surface area contributed by atoms with Gasteiger partial charge in [0.05, 0.1) is 0 Å². The van der Waals surface area contributed by atoms with Crippen molar-refractivity contribution in [3.05, 3.63) is 41.8 Å². The second kappa shape index (κ2) is 9.71. The monoisotopic (exact) mass is 573 g/mol. The van der Waals surface area contributed by atoms with Gasteiger partial charge >= 0.3 is 0 Å². The average molecular weight is 574 g/mol. The van der Waals surface area contributed by atoms with Crippen LogP contribution in [0.1, 0.15) is 133 Å². The van der Waals surface area contributed by atoms with Crippen molar-refractivity contribution in [3.8, 4) is 11.5 Å². The molecule has 6 aliphatic carbocycles. The number of carbonyl (C=O) groups excluding carboxylic acids is 1. The molecule has 6 saturated carbocycles. The molecule has 0 spiro atoms. The molecule has 222 valence electrons. The molecule has 0 N–H and O–H groups in total. The van der Waals surface area contributed by atoms with E-state index in [1.807, 2.05) is 29.2 Å². The Morgan fingerprint density at radius 1 is 0.952 bits per heavy atom. The number of carbonyl (C=O) groups is 1. The van der Waals surface area contributed by atoms with E-state index < -0.39 is 5.67 Å². The zero-order chi connectivity index (χ0) is 28.5. The standard InChI is InChI=1S/C33H40FN5O3/c1-21(31-14-17-32(18-15-31,19-16-31)30-36-28(38-42-30)23-8-9-23)39(26(40)10-13-33(34)11-3-12-33)25-5-2-4-24(20-25)29-35-27(37-41-29)22-6-7-22/h2,4-5,20-23H,3,6-19H2,1H3. The first kappa shape index (κ1) is 26.5. The summed E-state index contributed by atoms with van der Waals surface area (Å²) in [5, 5.41) is 8.52. The van der Waals surface area contributed by atoms with Gasteiger partial charge in [-0.25, -0.2) is 4.39 Å². The summed E-state index contributed by atoms with van der Waals surface area (Å²) in [5.41, 5.74) is 0.385. The first-order chi connectivity index (χ1) is 20.4. The lowest BCUT2D eigenvalue weighted by molar-refractivity contribution is -0.121. The molecule has 1 unspecified atom stereocenters. The molecule has 6 fully saturated rings. The van der Waals surface area contributed by atoms with Crippen LogP contribution in [0.5, 0.6) is 0 Å². The molecule has 6 aliphatic rings. The van der Waals surface area contributed by atoms with Crippen LogP contribution in [-0.4, -0.2) is 37.9 Å². The first-order valence-electron chi connectivity index (χ1n) is 16.1. The van der Waals surface area contributed by atoms with E-state index in [2.05, 4.69) is 22.2 Å². The number of alkyl halides is 1. The Balaban J connectivity index is 1.06. The van der Waals surface area contributed by atoms with Gasteiger partial charge in [0.2, 0.25) is 11.8 Å². The summed E-state index contributed by atoms with van der Waals surface area (Å²) in [4.78, 5) is 25.5. The molecule has 9 heteroatoms. The minimum atomic E-state index is -1.19. The highest BCUT2D eigenvalue weighted by Gasteiger charge is 2.56. The van der Waals surface area contributed by atoms with Crippen molar-refractivity contribution < 1.29 is 18.2 Å². The summed E-state index contributed by atoms with van der Waals surface area (Å²) < 4.78 is 26.5. The number of amides is 1. The van der Waals surface area contributed by atoms with Crippen molar-refractivity contribution >= 4 is 11.6 Å². The van der Waals surface area contributed by atoms with Gasteiger partial charge in [0.25, 0.3) is 5.89 Å². The minimum absolute atomic E-state index is 0.00413. The lowest BCUT2D eigenvalue weighted by Gasteiger charge is -2.56. The van der Waals surface area contributed by atoms with Gasteiger partial charge in [-0.3, -0.25) is 4.79 Å². The van der Waals surface area contributed by atoms with Crippen LogP contribution in [0.15, 0.2) is 33.3 Å². The highest BCUT2D eigenvalue weighted by molar-refractivity contribution is 5.94. The van der Waals surface area contributed by atoms with Gasteiger partial charge in [-0.15, -0.1) is 0 Å². The van der Waals surface area contributed by atoms with Gasteiger partial charge in [-0.1, -0.05) is 16.4 Å². The molecule has 1 aromatic carbocycles. The number of hydrogen-bond acceptors (Lipinski definition) is 7. The Morgan fingerprint density at radius 3 is 2.26 bits per heavy atom. The number of fused-ring (bicyclic) bond motifs is 3. The molecular weight excluding hydrogens is 533 g/mol. The number of halogens is 1. The van der Waals surface area contributed by atoms with E-state index in [0.29, 0.717) is 37.0 Å². The van der Waals surface area contributed by atoms with E-state index in [0.717, 1.165) is 99.4 Å². The maximum Gasteiger partial charge on any atom is 0.258 e. The highest BCUT2D eigenvalue weighted by atomic mass is 19.1. The summed E-state index contributed by atoms with van der Waals surface area (Å²) in [5.74, 6) is 3.84. The van der Waals surface area contributed by atoms with Crippen molar-refractivity contribution in [3.63, 3.8) is 0 Å². The lowest BCUT2D eigenvalue weighted by Crippen LogP contribution is -2.56. The van der Waals surface area contributed by atoms with Gasteiger partial charge in [0.15, 0.2) is 11.6 Å². The second-order valence-corrected chi connectivity index (χ2v) is 14.1. The molecule has 42 heavy (non-hydrogen) atoms. The van der Waals surface area contributed by atoms with E-state index in [4.69, 9.17) is 14.0 Å². The number of benzene rings is 1. The maximum absolute atomic E-state index is 15.0. The predicted octanol–water partition coefficient (Wildman–Crippen LogP) is 7.56. The van der Waals surface area contributed by atoms with Crippen LogP contribution < -0.4 is 4.90 Å². The van der Waals surface area contributed by atoms with E-state index >= 15 is 4.39 Å². The molecule has 2 bridgehead atoms. The van der Waals surface area contributed by atoms with Crippen LogP contribution in [0.4, 0.5) is 10.1 Å². The van der Waals surface area contributed by atoms with Crippen molar-refractivity contribution in [1.29, 1.82) is 0 Å². The van der Waals surface area contributed by atoms with Crippen molar-refractivity contribution in [2.24, 2.45) is 5.41 Å². The molecule has 2 heterocycles. The van der Waals surface area contributed by atoms with Gasteiger partial charge in [-0.2, -0.15) is 9.97 Å². The van der Waals surface area contributed by atoms with Crippen LogP contribution >= 0.6 is 0 Å². The van der Waals surface area contributed by atoms with Crippen LogP contribution in [0.2, 0.25) is 0 Å². The van der Waals surface area contributed by atoms with Gasteiger partial charge in [0.1, 0.15) is 5.67 Å². The predicted molar refractivity (Wildman–Crippen MR) is 154 cm³/mol. The van der Waals surface area contributed by atoms with Gasteiger partial charge in [-0.05, 0) is 120 Å². The Morgan fingerprint density at radius 2 is 1.62 bits per heavy atom. The van der Waals surface area contributed by atoms with Crippen LogP contribution in [-0.2, 0) is 10.2 Å². The number of nitrogens with zero attached hydrogens (tertiary/aromatic N) is 5. The third-order valence-electron chi connectivity index (χ3n) is 11.5. The Kier molecular flexibility index (Phi) is 6.13. The molecule has 2 aromatic heterocycles. The van der Waals surface area contributed by atoms with Crippen LogP contribution in [0.3, 0.4) is 0 Å². The van der Waals surface area contributed by atoms with E-state index in [-0.39, 0.29) is 29.2 Å². The summed E-state index contributed by atoms with van der Waals surface area (Å²) in [6.45, 7) is 2.20. The molecule has 1 atom stereocenters. The first-order valence-corrected chi connectivity index (χ1v) is 16.1. The Labute approximate surface area is 245 Å². The second-order valence-electron chi connectivity index (χ2n) is 14.1. The Bertz CT molecular complexity index is 1460. The van der Waals surface area contributed by atoms with Crippen molar-refractivity contribution in [2.45, 2.75) is 132 Å². The summed E-state index contributed by atoms with van der Waals surface area (Å²) in [7, 11) is 0. The number of rotatable bonds is 10. The molecule has 1 amide bonds. The molecule has 0 saturated heterocycles. The number of anilines is 1.